The van der Waals surface area contributed by atoms with Gasteiger partial charge in [0.1, 0.15) is 5.76 Å². The van der Waals surface area contributed by atoms with Crippen LogP contribution in [0.2, 0.25) is 0 Å². The van der Waals surface area contributed by atoms with Gasteiger partial charge in [-0.05, 0) is 18.6 Å². The summed E-state index contributed by atoms with van der Waals surface area (Å²) in [5.41, 5.74) is 1.04. The number of nitrogens with one attached hydrogen (secondary N) is 1. The molecule has 19 heavy (non-hydrogen) atoms. The second kappa shape index (κ2) is 5.88. The van der Waals surface area contributed by atoms with Crippen molar-refractivity contribution in [1.82, 2.24) is 10.1 Å². The number of carbonyl (C=O) groups excluding carboxylic acids is 1. The summed E-state index contributed by atoms with van der Waals surface area (Å²) in [6.07, 6.45) is 0. The highest BCUT2D eigenvalue weighted by Gasteiger charge is 2.12. The average molecular weight is 324 g/mol. The molecular weight excluding hydrogens is 310 g/mol. The number of urea groups is 1. The van der Waals surface area contributed by atoms with E-state index < -0.39 is 0 Å². The van der Waals surface area contributed by atoms with Crippen LogP contribution in [0.25, 0.3) is 0 Å². The summed E-state index contributed by atoms with van der Waals surface area (Å²) in [7, 11) is 1.72. The largest absolute Gasteiger partial charge is 0.360 e. The molecule has 1 N–H and O–H groups in total. The van der Waals surface area contributed by atoms with Gasteiger partial charge < -0.3 is 9.42 Å². The molecule has 6 heteroatoms. The van der Waals surface area contributed by atoms with Gasteiger partial charge in [0.25, 0.3) is 0 Å². The number of benzene rings is 1. The van der Waals surface area contributed by atoms with Crippen LogP contribution >= 0.6 is 15.9 Å². The summed E-state index contributed by atoms with van der Waals surface area (Å²) in [5.74, 6) is 1.07. The monoisotopic (exact) mass is 323 g/mol. The summed E-state index contributed by atoms with van der Waals surface area (Å²) >= 11 is 3.46. The van der Waals surface area contributed by atoms with Gasteiger partial charge in [0, 0.05) is 24.1 Å². The smallest absolute Gasteiger partial charge is 0.323 e. The van der Waals surface area contributed by atoms with Crippen LogP contribution in [-0.2, 0) is 6.54 Å². The van der Waals surface area contributed by atoms with Crippen LogP contribution in [0.3, 0.4) is 0 Å². The molecule has 0 fully saturated rings. The van der Waals surface area contributed by atoms with Crippen molar-refractivity contribution in [2.45, 2.75) is 13.5 Å². The molecule has 0 aliphatic heterocycles. The molecule has 0 radical (unpaired) electrons. The van der Waals surface area contributed by atoms with Crippen molar-refractivity contribution in [1.29, 1.82) is 0 Å². The topological polar surface area (TPSA) is 58.4 Å². The van der Waals surface area contributed by atoms with Crippen LogP contribution in [0.5, 0.6) is 0 Å². The fraction of sp³-hybridized carbons (Fsp3) is 0.231. The summed E-state index contributed by atoms with van der Waals surface area (Å²) in [6, 6.07) is 9.22. The molecule has 5 nitrogen and oxygen atoms in total. The molecule has 0 saturated carbocycles. The van der Waals surface area contributed by atoms with Gasteiger partial charge in [0.05, 0.1) is 0 Å². The van der Waals surface area contributed by atoms with Crippen molar-refractivity contribution in [3.63, 3.8) is 0 Å². The van der Waals surface area contributed by atoms with Crippen LogP contribution in [0.15, 0.2) is 39.3 Å². The first-order chi connectivity index (χ1) is 9.06. The van der Waals surface area contributed by atoms with E-state index in [0.717, 1.165) is 10.0 Å². The van der Waals surface area contributed by atoms with Gasteiger partial charge in [-0.1, -0.05) is 39.3 Å². The Bertz CT molecular complexity index is 583. The minimum atomic E-state index is -0.232. The van der Waals surface area contributed by atoms with Crippen molar-refractivity contribution >= 4 is 27.8 Å². The lowest BCUT2D eigenvalue weighted by atomic mass is 10.2. The van der Waals surface area contributed by atoms with E-state index in [1.165, 1.54) is 0 Å². The zero-order valence-corrected chi connectivity index (χ0v) is 12.3. The maximum atomic E-state index is 12.0. The molecule has 1 aromatic heterocycles. The standard InChI is InChI=1S/C13H14BrN3O2/c1-9-7-12(16-19-9)15-13(18)17(2)8-10-5-3-4-6-11(10)14/h3-7H,8H2,1-2H3,(H,15,16,18). The molecule has 1 aromatic carbocycles. The fourth-order valence-electron chi connectivity index (χ4n) is 1.58. The molecule has 2 aromatic rings. The second-order valence-corrected chi connectivity index (χ2v) is 5.05. The molecule has 2 rings (SSSR count). The molecule has 0 unspecified atom stereocenters. The van der Waals surface area contributed by atoms with Crippen LogP contribution < -0.4 is 5.32 Å². The normalized spacial score (nSPS) is 10.3. The summed E-state index contributed by atoms with van der Waals surface area (Å²) < 4.78 is 5.87. The Morgan fingerprint density at radius 1 is 1.47 bits per heavy atom. The second-order valence-electron chi connectivity index (χ2n) is 4.20. The molecule has 0 aliphatic rings. The average Bonchev–Trinajstić information content (AvgIpc) is 2.77. The Morgan fingerprint density at radius 2 is 2.21 bits per heavy atom. The first-order valence-corrected chi connectivity index (χ1v) is 6.54. The Labute approximate surface area is 119 Å². The highest BCUT2D eigenvalue weighted by atomic mass is 79.9. The number of aryl methyl sites for hydroxylation is 1. The van der Waals surface area contributed by atoms with Crippen molar-refractivity contribution in [2.75, 3.05) is 12.4 Å². The number of hydrogen-bond acceptors (Lipinski definition) is 3. The van der Waals surface area contributed by atoms with Crippen LogP contribution in [0.4, 0.5) is 10.6 Å². The predicted octanol–water partition coefficient (Wildman–Crippen LogP) is 3.41. The number of hydrogen-bond donors (Lipinski definition) is 1. The zero-order valence-electron chi connectivity index (χ0n) is 10.7. The lowest BCUT2D eigenvalue weighted by Crippen LogP contribution is -2.31. The SMILES string of the molecule is Cc1cc(NC(=O)N(C)Cc2ccccc2Br)no1. The predicted molar refractivity (Wildman–Crippen MR) is 75.9 cm³/mol. The van der Waals surface area contributed by atoms with E-state index in [0.29, 0.717) is 18.1 Å². The van der Waals surface area contributed by atoms with Gasteiger partial charge >= 0.3 is 6.03 Å². The highest BCUT2D eigenvalue weighted by molar-refractivity contribution is 9.10. The third kappa shape index (κ3) is 3.57. The van der Waals surface area contributed by atoms with Gasteiger partial charge in [-0.3, -0.25) is 5.32 Å². The number of rotatable bonds is 3. The van der Waals surface area contributed by atoms with Crippen molar-refractivity contribution in [3.8, 4) is 0 Å². The van der Waals surface area contributed by atoms with E-state index in [-0.39, 0.29) is 6.03 Å². The molecule has 1 heterocycles. The molecule has 0 atom stereocenters. The Balaban J connectivity index is 1.98. The Morgan fingerprint density at radius 3 is 2.84 bits per heavy atom. The molecule has 2 amide bonds. The molecular formula is C13H14BrN3O2. The summed E-state index contributed by atoms with van der Waals surface area (Å²) in [4.78, 5) is 13.5. The molecule has 0 bridgehead atoms. The Kier molecular flexibility index (Phi) is 4.21. The van der Waals surface area contributed by atoms with Crippen LogP contribution in [0.1, 0.15) is 11.3 Å². The van der Waals surface area contributed by atoms with E-state index in [1.54, 1.807) is 24.9 Å². The molecule has 100 valence electrons. The fourth-order valence-corrected chi connectivity index (χ4v) is 1.99. The number of amides is 2. The van der Waals surface area contributed by atoms with Gasteiger partial charge in [0.15, 0.2) is 5.82 Å². The van der Waals surface area contributed by atoms with Gasteiger partial charge in [-0.2, -0.15) is 0 Å². The van der Waals surface area contributed by atoms with E-state index in [1.807, 2.05) is 24.3 Å². The van der Waals surface area contributed by atoms with Gasteiger partial charge in [0.2, 0.25) is 0 Å². The summed E-state index contributed by atoms with van der Waals surface area (Å²) in [5, 5.41) is 6.39. The Hall–Kier alpha value is -1.82. The number of anilines is 1. The number of nitrogens with zero attached hydrogens (tertiary/aromatic N) is 2. The van der Waals surface area contributed by atoms with Crippen molar-refractivity contribution in [2.24, 2.45) is 0 Å². The molecule has 0 aliphatic carbocycles. The van der Waals surface area contributed by atoms with Crippen molar-refractivity contribution in [3.05, 3.63) is 46.1 Å². The minimum Gasteiger partial charge on any atom is -0.360 e. The van der Waals surface area contributed by atoms with Crippen molar-refractivity contribution < 1.29 is 9.32 Å². The lowest BCUT2D eigenvalue weighted by molar-refractivity contribution is 0.220. The van der Waals surface area contributed by atoms with Gasteiger partial charge in [-0.15, -0.1) is 0 Å². The van der Waals surface area contributed by atoms with Gasteiger partial charge in [-0.25, -0.2) is 4.79 Å². The van der Waals surface area contributed by atoms with Crippen LogP contribution in [0, 0.1) is 6.92 Å². The zero-order chi connectivity index (χ0) is 13.8. The number of aromatic nitrogens is 1. The molecule has 0 saturated heterocycles. The lowest BCUT2D eigenvalue weighted by Gasteiger charge is -2.17. The summed E-state index contributed by atoms with van der Waals surface area (Å²) in [6.45, 7) is 2.28. The van der Waals surface area contributed by atoms with E-state index in [9.17, 15) is 4.79 Å². The maximum absolute atomic E-state index is 12.0. The third-order valence-corrected chi connectivity index (χ3v) is 3.35. The van der Waals surface area contributed by atoms with Crippen LogP contribution in [-0.4, -0.2) is 23.1 Å². The van der Waals surface area contributed by atoms with E-state index in [4.69, 9.17) is 4.52 Å². The molecule has 0 spiro atoms. The maximum Gasteiger partial charge on any atom is 0.323 e. The van der Waals surface area contributed by atoms with E-state index in [2.05, 4.69) is 26.4 Å². The highest BCUT2D eigenvalue weighted by Crippen LogP contribution is 2.17. The van der Waals surface area contributed by atoms with E-state index >= 15 is 0 Å². The number of carbonyl (C=O) groups is 1. The first-order valence-electron chi connectivity index (χ1n) is 5.75. The third-order valence-electron chi connectivity index (χ3n) is 2.58. The minimum absolute atomic E-state index is 0.232. The quantitative estimate of drug-likeness (QED) is 0.941. The number of halogens is 1. The first kappa shape index (κ1) is 13.6.